The average Bonchev–Trinajstić information content (AvgIpc) is 3.31. The van der Waals surface area contributed by atoms with Crippen LogP contribution in [0.2, 0.25) is 0 Å². The third-order valence-electron chi connectivity index (χ3n) is 7.40. The maximum atomic E-state index is 13.3. The molecule has 4 rings (SSSR count). The van der Waals surface area contributed by atoms with Crippen molar-refractivity contribution in [1.82, 2.24) is 9.80 Å². The lowest BCUT2D eigenvalue weighted by Gasteiger charge is -2.41. The number of hydrogen-bond acceptors (Lipinski definition) is 2. The first-order chi connectivity index (χ1) is 12.2. The van der Waals surface area contributed by atoms with Gasteiger partial charge in [0.05, 0.1) is 5.41 Å². The zero-order valence-electron chi connectivity index (χ0n) is 15.7. The van der Waals surface area contributed by atoms with Gasteiger partial charge < -0.3 is 9.80 Å². The summed E-state index contributed by atoms with van der Waals surface area (Å²) in [4.78, 5) is 30.3. The lowest BCUT2D eigenvalue weighted by molar-refractivity contribution is -0.147. The van der Waals surface area contributed by atoms with Crippen LogP contribution in [0.4, 0.5) is 0 Å². The molecule has 0 aromatic carbocycles. The third-order valence-corrected chi connectivity index (χ3v) is 7.40. The number of piperidine rings is 1. The van der Waals surface area contributed by atoms with E-state index in [1.807, 2.05) is 4.90 Å². The SMILES string of the molecule is O=C(C1CCCC1)N1CC[C@]2(CCCN(CC3CCCCC3)C2=O)C1. The van der Waals surface area contributed by atoms with E-state index < -0.39 is 0 Å². The Morgan fingerprint density at radius 3 is 2.40 bits per heavy atom. The van der Waals surface area contributed by atoms with Gasteiger partial charge in [0.25, 0.3) is 0 Å². The molecule has 2 heterocycles. The Labute approximate surface area is 152 Å². The van der Waals surface area contributed by atoms with Gasteiger partial charge >= 0.3 is 0 Å². The fraction of sp³-hybridized carbons (Fsp3) is 0.905. The lowest BCUT2D eigenvalue weighted by atomic mass is 9.77. The van der Waals surface area contributed by atoms with Gasteiger partial charge in [-0.3, -0.25) is 9.59 Å². The highest BCUT2D eigenvalue weighted by molar-refractivity contribution is 5.86. The highest BCUT2D eigenvalue weighted by Crippen LogP contribution is 2.42. The fourth-order valence-electron chi connectivity index (χ4n) is 5.88. The summed E-state index contributed by atoms with van der Waals surface area (Å²) >= 11 is 0. The number of nitrogens with zero attached hydrogens (tertiary/aromatic N) is 2. The van der Waals surface area contributed by atoms with E-state index in [4.69, 9.17) is 0 Å². The molecule has 0 radical (unpaired) electrons. The minimum Gasteiger partial charge on any atom is -0.342 e. The Kier molecular flexibility index (Phi) is 5.06. The molecule has 140 valence electrons. The minimum atomic E-state index is -0.249. The van der Waals surface area contributed by atoms with Crippen LogP contribution in [0.1, 0.15) is 77.0 Å². The van der Waals surface area contributed by atoms with Crippen LogP contribution in [0.15, 0.2) is 0 Å². The second-order valence-electron chi connectivity index (χ2n) is 9.13. The van der Waals surface area contributed by atoms with Crippen LogP contribution in [0.25, 0.3) is 0 Å². The van der Waals surface area contributed by atoms with Crippen molar-refractivity contribution in [3.8, 4) is 0 Å². The normalized spacial score (nSPS) is 32.1. The van der Waals surface area contributed by atoms with Gasteiger partial charge in [-0.05, 0) is 50.9 Å². The highest BCUT2D eigenvalue weighted by atomic mass is 16.2. The van der Waals surface area contributed by atoms with Crippen molar-refractivity contribution in [2.75, 3.05) is 26.2 Å². The van der Waals surface area contributed by atoms with Crippen molar-refractivity contribution < 1.29 is 9.59 Å². The van der Waals surface area contributed by atoms with Crippen LogP contribution in [0.5, 0.6) is 0 Å². The predicted molar refractivity (Wildman–Crippen MR) is 98.0 cm³/mol. The van der Waals surface area contributed by atoms with Crippen LogP contribution < -0.4 is 0 Å². The van der Waals surface area contributed by atoms with Gasteiger partial charge in [-0.2, -0.15) is 0 Å². The van der Waals surface area contributed by atoms with E-state index in [0.717, 1.165) is 51.7 Å². The molecule has 0 aromatic rings. The summed E-state index contributed by atoms with van der Waals surface area (Å²) in [6.45, 7) is 3.41. The second-order valence-corrected chi connectivity index (χ2v) is 9.13. The van der Waals surface area contributed by atoms with Crippen molar-refractivity contribution in [3.63, 3.8) is 0 Å². The molecule has 4 heteroatoms. The zero-order chi connectivity index (χ0) is 17.3. The molecule has 1 atom stereocenters. The Balaban J connectivity index is 1.39. The largest absolute Gasteiger partial charge is 0.342 e. The summed E-state index contributed by atoms with van der Waals surface area (Å²) in [5, 5.41) is 0. The maximum Gasteiger partial charge on any atom is 0.230 e. The maximum absolute atomic E-state index is 13.3. The quantitative estimate of drug-likeness (QED) is 0.783. The van der Waals surface area contributed by atoms with E-state index in [1.54, 1.807) is 0 Å². The molecule has 4 fully saturated rings. The third kappa shape index (κ3) is 3.46. The summed E-state index contributed by atoms with van der Waals surface area (Å²) in [5.41, 5.74) is -0.249. The number of amides is 2. The van der Waals surface area contributed by atoms with Crippen molar-refractivity contribution >= 4 is 11.8 Å². The average molecular weight is 347 g/mol. The lowest BCUT2D eigenvalue weighted by Crippen LogP contribution is -2.51. The minimum absolute atomic E-state index is 0.243. The molecule has 2 aliphatic carbocycles. The van der Waals surface area contributed by atoms with Gasteiger partial charge in [0.2, 0.25) is 11.8 Å². The van der Waals surface area contributed by atoms with E-state index in [-0.39, 0.29) is 11.3 Å². The number of hydrogen-bond donors (Lipinski definition) is 0. The van der Waals surface area contributed by atoms with E-state index in [2.05, 4.69) is 4.90 Å². The standard InChI is InChI=1S/C21H34N2O2/c24-19(18-9-4-5-10-18)23-14-12-21(16-23)11-6-13-22(20(21)25)15-17-7-2-1-3-8-17/h17-18H,1-16H2/t21-/m1/s1. The summed E-state index contributed by atoms with van der Waals surface area (Å²) in [7, 11) is 0. The summed E-state index contributed by atoms with van der Waals surface area (Å²) in [6.07, 6.45) is 14.1. The molecule has 4 aliphatic rings. The summed E-state index contributed by atoms with van der Waals surface area (Å²) in [5.74, 6) is 1.66. The first kappa shape index (κ1) is 17.4. The Morgan fingerprint density at radius 2 is 1.64 bits per heavy atom. The van der Waals surface area contributed by atoms with Crippen LogP contribution in [0.3, 0.4) is 0 Å². The number of carbonyl (C=O) groups is 2. The zero-order valence-corrected chi connectivity index (χ0v) is 15.7. The van der Waals surface area contributed by atoms with E-state index in [1.165, 1.54) is 44.9 Å². The molecule has 1 spiro atoms. The fourth-order valence-corrected chi connectivity index (χ4v) is 5.88. The molecule has 4 nitrogen and oxygen atoms in total. The molecule has 2 aliphatic heterocycles. The number of likely N-dealkylation sites (tertiary alicyclic amines) is 2. The van der Waals surface area contributed by atoms with Gasteiger partial charge in [0, 0.05) is 32.1 Å². The molecular weight excluding hydrogens is 312 g/mol. The van der Waals surface area contributed by atoms with E-state index >= 15 is 0 Å². The summed E-state index contributed by atoms with van der Waals surface area (Å²) in [6, 6.07) is 0. The first-order valence-corrected chi connectivity index (χ1v) is 10.8. The van der Waals surface area contributed by atoms with Gasteiger partial charge in [0.1, 0.15) is 0 Å². The van der Waals surface area contributed by atoms with Crippen LogP contribution in [0, 0.1) is 17.3 Å². The van der Waals surface area contributed by atoms with Crippen molar-refractivity contribution in [2.24, 2.45) is 17.3 Å². The molecule has 0 unspecified atom stereocenters. The Hall–Kier alpha value is -1.06. The second kappa shape index (κ2) is 7.28. The predicted octanol–water partition coefficient (Wildman–Crippen LogP) is 3.60. The van der Waals surface area contributed by atoms with Crippen LogP contribution >= 0.6 is 0 Å². The van der Waals surface area contributed by atoms with E-state index in [9.17, 15) is 9.59 Å². The van der Waals surface area contributed by atoms with Crippen LogP contribution in [-0.2, 0) is 9.59 Å². The van der Waals surface area contributed by atoms with Gasteiger partial charge in [0.15, 0.2) is 0 Å². The Bertz CT molecular complexity index is 508. The molecule has 0 N–H and O–H groups in total. The topological polar surface area (TPSA) is 40.6 Å². The highest BCUT2D eigenvalue weighted by Gasteiger charge is 2.50. The van der Waals surface area contributed by atoms with Crippen molar-refractivity contribution in [2.45, 2.75) is 77.0 Å². The van der Waals surface area contributed by atoms with Crippen LogP contribution in [-0.4, -0.2) is 47.8 Å². The smallest absolute Gasteiger partial charge is 0.230 e. The molecule has 25 heavy (non-hydrogen) atoms. The molecule has 2 amide bonds. The van der Waals surface area contributed by atoms with Gasteiger partial charge in [-0.1, -0.05) is 32.1 Å². The van der Waals surface area contributed by atoms with Gasteiger partial charge in [-0.15, -0.1) is 0 Å². The molecule has 0 aromatic heterocycles. The van der Waals surface area contributed by atoms with Gasteiger partial charge in [-0.25, -0.2) is 0 Å². The summed E-state index contributed by atoms with van der Waals surface area (Å²) < 4.78 is 0. The van der Waals surface area contributed by atoms with Crippen molar-refractivity contribution in [1.29, 1.82) is 0 Å². The first-order valence-electron chi connectivity index (χ1n) is 10.8. The number of rotatable bonds is 3. The Morgan fingerprint density at radius 1 is 0.920 bits per heavy atom. The molecular formula is C21H34N2O2. The molecule has 2 saturated heterocycles. The molecule has 0 bridgehead atoms. The monoisotopic (exact) mass is 346 g/mol. The molecule has 2 saturated carbocycles. The van der Waals surface area contributed by atoms with E-state index in [0.29, 0.717) is 24.3 Å². The number of carbonyl (C=O) groups excluding carboxylic acids is 2. The van der Waals surface area contributed by atoms with Crippen molar-refractivity contribution in [3.05, 3.63) is 0 Å².